The van der Waals surface area contributed by atoms with Crippen molar-refractivity contribution in [2.24, 2.45) is 0 Å². The molecular weight excluding hydrogens is 330 g/mol. The maximum atomic E-state index is 12.6. The molecule has 2 aliphatic heterocycles. The largest absolute Gasteiger partial charge is 0.376 e. The summed E-state index contributed by atoms with van der Waals surface area (Å²) in [4.78, 5) is 29.1. The van der Waals surface area contributed by atoms with E-state index in [1.54, 1.807) is 0 Å². The molecule has 0 aliphatic carbocycles. The van der Waals surface area contributed by atoms with Gasteiger partial charge in [-0.3, -0.25) is 9.69 Å². The number of ether oxygens (including phenoxy) is 1. The van der Waals surface area contributed by atoms with Gasteiger partial charge in [-0.15, -0.1) is 0 Å². The Morgan fingerprint density at radius 2 is 2.21 bits per heavy atom. The number of hydrogen-bond donors (Lipinski definition) is 2. The maximum absolute atomic E-state index is 12.6. The molecule has 4 rings (SSSR count). The molecule has 2 atom stereocenters. The van der Waals surface area contributed by atoms with Gasteiger partial charge in [-0.25, -0.2) is 4.79 Å². The molecule has 24 heavy (non-hydrogen) atoms. The van der Waals surface area contributed by atoms with Crippen LogP contribution in [0, 0.1) is 0 Å². The van der Waals surface area contributed by atoms with E-state index in [-0.39, 0.29) is 18.0 Å². The Hall–Kier alpha value is -2.05. The number of para-hydroxylation sites is 1. The average Bonchev–Trinajstić information content (AvgIpc) is 3.26. The number of carbonyl (C=O) groups is 2. The SMILES string of the molecule is O=C1NC(Cc2c[nH]c3c(Cl)cccc23)C(=O)N1CC1CCCO1. The Morgan fingerprint density at radius 1 is 1.33 bits per heavy atom. The molecule has 0 spiro atoms. The van der Waals surface area contributed by atoms with Gasteiger partial charge in [0.05, 0.1) is 23.2 Å². The Balaban J connectivity index is 1.51. The molecule has 3 amide bonds. The molecule has 2 unspecified atom stereocenters. The van der Waals surface area contributed by atoms with E-state index < -0.39 is 6.04 Å². The van der Waals surface area contributed by atoms with Crippen LogP contribution in [0.25, 0.3) is 10.9 Å². The van der Waals surface area contributed by atoms with Gasteiger partial charge in [0.1, 0.15) is 6.04 Å². The number of aromatic amines is 1. The summed E-state index contributed by atoms with van der Waals surface area (Å²) >= 11 is 6.17. The maximum Gasteiger partial charge on any atom is 0.324 e. The highest BCUT2D eigenvalue weighted by molar-refractivity contribution is 6.35. The molecule has 0 radical (unpaired) electrons. The number of imide groups is 1. The van der Waals surface area contributed by atoms with E-state index in [1.165, 1.54) is 4.90 Å². The number of H-pyrrole nitrogens is 1. The Labute approximate surface area is 144 Å². The van der Waals surface area contributed by atoms with E-state index in [4.69, 9.17) is 16.3 Å². The second-order valence-corrected chi connectivity index (χ2v) is 6.67. The minimum absolute atomic E-state index is 0.0367. The van der Waals surface area contributed by atoms with E-state index >= 15 is 0 Å². The molecule has 2 saturated heterocycles. The molecule has 2 N–H and O–H groups in total. The first-order chi connectivity index (χ1) is 11.6. The number of carbonyl (C=O) groups excluding carboxylic acids is 2. The molecule has 3 heterocycles. The summed E-state index contributed by atoms with van der Waals surface area (Å²) < 4.78 is 5.53. The predicted molar refractivity (Wildman–Crippen MR) is 90.0 cm³/mol. The molecule has 0 bridgehead atoms. The average molecular weight is 348 g/mol. The number of fused-ring (bicyclic) bond motifs is 1. The smallest absolute Gasteiger partial charge is 0.324 e. The first-order valence-electron chi connectivity index (χ1n) is 8.11. The third-order valence-electron chi connectivity index (χ3n) is 4.69. The second kappa shape index (κ2) is 6.11. The Kier molecular flexibility index (Phi) is 3.94. The molecule has 2 fully saturated rings. The van der Waals surface area contributed by atoms with Crippen molar-refractivity contribution in [1.82, 2.24) is 15.2 Å². The van der Waals surface area contributed by atoms with Gasteiger partial charge in [0, 0.05) is 24.6 Å². The van der Waals surface area contributed by atoms with Gasteiger partial charge in [0.2, 0.25) is 0 Å². The highest BCUT2D eigenvalue weighted by Gasteiger charge is 2.39. The molecule has 126 valence electrons. The van der Waals surface area contributed by atoms with Crippen LogP contribution < -0.4 is 5.32 Å². The normalized spacial score (nSPS) is 24.1. The summed E-state index contributed by atoms with van der Waals surface area (Å²) in [5, 5.41) is 4.39. The molecule has 1 aromatic carbocycles. The van der Waals surface area contributed by atoms with Crippen LogP contribution in [-0.4, -0.2) is 47.1 Å². The summed E-state index contributed by atoms with van der Waals surface area (Å²) in [6, 6.07) is 4.77. The standard InChI is InChI=1S/C17H18ClN3O3/c18-13-5-1-4-12-10(8-19-15(12)13)7-14-16(22)21(17(23)20-14)9-11-3-2-6-24-11/h1,4-5,8,11,14,19H,2-3,6-7,9H2,(H,20,23). The molecule has 0 saturated carbocycles. The van der Waals surface area contributed by atoms with Crippen molar-refractivity contribution >= 4 is 34.4 Å². The van der Waals surface area contributed by atoms with E-state index in [2.05, 4.69) is 10.3 Å². The van der Waals surface area contributed by atoms with Gasteiger partial charge >= 0.3 is 6.03 Å². The number of benzene rings is 1. The fraction of sp³-hybridized carbons (Fsp3) is 0.412. The van der Waals surface area contributed by atoms with Crippen molar-refractivity contribution in [3.63, 3.8) is 0 Å². The Morgan fingerprint density at radius 3 is 3.00 bits per heavy atom. The van der Waals surface area contributed by atoms with E-state index in [1.807, 2.05) is 24.4 Å². The van der Waals surface area contributed by atoms with Crippen LogP contribution >= 0.6 is 11.6 Å². The van der Waals surface area contributed by atoms with E-state index in [0.717, 1.165) is 29.3 Å². The van der Waals surface area contributed by atoms with E-state index in [9.17, 15) is 9.59 Å². The number of aromatic nitrogens is 1. The molecule has 2 aromatic rings. The number of halogens is 1. The van der Waals surface area contributed by atoms with Crippen LogP contribution in [0.1, 0.15) is 18.4 Å². The van der Waals surface area contributed by atoms with Crippen LogP contribution in [-0.2, 0) is 16.0 Å². The minimum atomic E-state index is -0.545. The van der Waals surface area contributed by atoms with Crippen molar-refractivity contribution in [2.45, 2.75) is 31.4 Å². The number of urea groups is 1. The lowest BCUT2D eigenvalue weighted by Crippen LogP contribution is -2.38. The minimum Gasteiger partial charge on any atom is -0.376 e. The van der Waals surface area contributed by atoms with Crippen LogP contribution in [0.4, 0.5) is 4.79 Å². The first-order valence-corrected chi connectivity index (χ1v) is 8.49. The van der Waals surface area contributed by atoms with Gasteiger partial charge in [0.15, 0.2) is 0 Å². The number of amides is 3. The fourth-order valence-electron chi connectivity index (χ4n) is 3.44. The molecular formula is C17H18ClN3O3. The lowest BCUT2D eigenvalue weighted by atomic mass is 10.0. The lowest BCUT2D eigenvalue weighted by Gasteiger charge is -2.17. The predicted octanol–water partition coefficient (Wildman–Crippen LogP) is 2.46. The number of nitrogens with zero attached hydrogens (tertiary/aromatic N) is 1. The van der Waals surface area contributed by atoms with Crippen molar-refractivity contribution in [3.8, 4) is 0 Å². The van der Waals surface area contributed by atoms with Gasteiger partial charge in [-0.1, -0.05) is 23.7 Å². The van der Waals surface area contributed by atoms with Crippen molar-refractivity contribution in [1.29, 1.82) is 0 Å². The molecule has 6 nitrogen and oxygen atoms in total. The zero-order chi connectivity index (χ0) is 16.7. The third-order valence-corrected chi connectivity index (χ3v) is 5.01. The fourth-order valence-corrected chi connectivity index (χ4v) is 3.67. The molecule has 2 aliphatic rings. The monoisotopic (exact) mass is 347 g/mol. The highest BCUT2D eigenvalue weighted by atomic mass is 35.5. The summed E-state index contributed by atoms with van der Waals surface area (Å²) in [7, 11) is 0. The number of hydrogen-bond acceptors (Lipinski definition) is 3. The van der Waals surface area contributed by atoms with E-state index in [0.29, 0.717) is 24.6 Å². The highest BCUT2D eigenvalue weighted by Crippen LogP contribution is 2.27. The van der Waals surface area contributed by atoms with Crippen LogP contribution in [0.15, 0.2) is 24.4 Å². The quantitative estimate of drug-likeness (QED) is 0.834. The zero-order valence-corrected chi connectivity index (χ0v) is 13.8. The first kappa shape index (κ1) is 15.5. The lowest BCUT2D eigenvalue weighted by molar-refractivity contribution is -0.128. The van der Waals surface area contributed by atoms with Gasteiger partial charge < -0.3 is 15.0 Å². The van der Waals surface area contributed by atoms with Crippen molar-refractivity contribution in [3.05, 3.63) is 35.0 Å². The number of nitrogens with one attached hydrogen (secondary N) is 2. The van der Waals surface area contributed by atoms with Gasteiger partial charge in [0.25, 0.3) is 5.91 Å². The summed E-state index contributed by atoms with van der Waals surface area (Å²) in [5.41, 5.74) is 1.81. The van der Waals surface area contributed by atoms with Crippen molar-refractivity contribution in [2.75, 3.05) is 13.2 Å². The topological polar surface area (TPSA) is 74.4 Å². The van der Waals surface area contributed by atoms with Gasteiger partial charge in [-0.05, 0) is 24.5 Å². The van der Waals surface area contributed by atoms with Crippen LogP contribution in [0.5, 0.6) is 0 Å². The third kappa shape index (κ3) is 2.65. The summed E-state index contributed by atoms with van der Waals surface area (Å²) in [6.07, 6.45) is 4.12. The molecule has 7 heteroatoms. The summed E-state index contributed by atoms with van der Waals surface area (Å²) in [5.74, 6) is -0.188. The van der Waals surface area contributed by atoms with Crippen LogP contribution in [0.2, 0.25) is 5.02 Å². The second-order valence-electron chi connectivity index (χ2n) is 6.27. The summed E-state index contributed by atoms with van der Waals surface area (Å²) in [6.45, 7) is 1.04. The number of rotatable bonds is 4. The zero-order valence-electron chi connectivity index (χ0n) is 13.0. The molecule has 1 aromatic heterocycles. The Bertz CT molecular complexity index is 797. The van der Waals surface area contributed by atoms with Gasteiger partial charge in [-0.2, -0.15) is 0 Å². The van der Waals surface area contributed by atoms with Crippen LogP contribution in [0.3, 0.4) is 0 Å². The van der Waals surface area contributed by atoms with Crippen molar-refractivity contribution < 1.29 is 14.3 Å².